The molecule has 166 valence electrons. The summed E-state index contributed by atoms with van der Waals surface area (Å²) in [4.78, 5) is 24.7. The summed E-state index contributed by atoms with van der Waals surface area (Å²) < 4.78 is 7.24. The first-order chi connectivity index (χ1) is 15.5. The Morgan fingerprint density at radius 1 is 1.34 bits per heavy atom. The number of piperazine rings is 1. The van der Waals surface area contributed by atoms with Gasteiger partial charge in [0.25, 0.3) is 0 Å². The molecule has 3 aromatic heterocycles. The van der Waals surface area contributed by atoms with Crippen LogP contribution in [0.2, 0.25) is 0 Å². The molecule has 0 saturated carbocycles. The topological polar surface area (TPSA) is 103 Å². The molecule has 0 aromatic carbocycles. The van der Waals surface area contributed by atoms with E-state index in [1.54, 1.807) is 17.1 Å². The van der Waals surface area contributed by atoms with Gasteiger partial charge in [-0.2, -0.15) is 10.4 Å². The van der Waals surface area contributed by atoms with E-state index in [-0.39, 0.29) is 18.2 Å². The van der Waals surface area contributed by atoms with Gasteiger partial charge in [-0.25, -0.2) is 9.78 Å². The van der Waals surface area contributed by atoms with Gasteiger partial charge in [0.1, 0.15) is 11.7 Å². The van der Waals surface area contributed by atoms with Crippen LogP contribution >= 0.6 is 0 Å². The molecule has 1 amide bonds. The SMILES string of the molecule is CC(C)COC(=O)N1C2CCC1CN(c1ccnc3[nH]c(-c4cnn(C)c4)c(C#N)c13)C2. The zero-order valence-electron chi connectivity index (χ0n) is 18.6. The molecule has 32 heavy (non-hydrogen) atoms. The van der Waals surface area contributed by atoms with Crippen molar-refractivity contribution >= 4 is 22.8 Å². The van der Waals surface area contributed by atoms with Crippen molar-refractivity contribution in [2.75, 3.05) is 24.6 Å². The number of carbonyl (C=O) groups excluding carboxylic acids is 1. The van der Waals surface area contributed by atoms with Crippen LogP contribution in [0.4, 0.5) is 10.5 Å². The van der Waals surface area contributed by atoms with Gasteiger partial charge in [-0.05, 0) is 24.8 Å². The van der Waals surface area contributed by atoms with Crippen molar-refractivity contribution in [1.82, 2.24) is 24.6 Å². The number of nitrogens with one attached hydrogen (secondary N) is 1. The molecule has 3 aromatic rings. The van der Waals surface area contributed by atoms with Gasteiger partial charge in [0.05, 0.1) is 47.2 Å². The van der Waals surface area contributed by atoms with Crippen molar-refractivity contribution in [2.45, 2.75) is 38.8 Å². The zero-order valence-corrected chi connectivity index (χ0v) is 18.6. The number of anilines is 1. The molecule has 0 aliphatic carbocycles. The van der Waals surface area contributed by atoms with Crippen LogP contribution in [-0.2, 0) is 11.8 Å². The van der Waals surface area contributed by atoms with Crippen LogP contribution in [0.25, 0.3) is 22.3 Å². The maximum Gasteiger partial charge on any atom is 0.410 e. The summed E-state index contributed by atoms with van der Waals surface area (Å²) >= 11 is 0. The van der Waals surface area contributed by atoms with Crippen molar-refractivity contribution < 1.29 is 9.53 Å². The summed E-state index contributed by atoms with van der Waals surface area (Å²) in [5.74, 6) is 0.315. The largest absolute Gasteiger partial charge is 0.449 e. The van der Waals surface area contributed by atoms with E-state index in [0.29, 0.717) is 36.8 Å². The normalized spacial score (nSPS) is 20.2. The molecule has 2 aliphatic heterocycles. The Morgan fingerprint density at radius 3 is 2.72 bits per heavy atom. The summed E-state index contributed by atoms with van der Waals surface area (Å²) in [6.45, 7) is 5.95. The fourth-order valence-corrected chi connectivity index (χ4v) is 4.95. The van der Waals surface area contributed by atoms with E-state index in [0.717, 1.165) is 35.2 Å². The lowest BCUT2D eigenvalue weighted by Crippen LogP contribution is -2.56. The molecule has 9 nitrogen and oxygen atoms in total. The number of fused-ring (bicyclic) bond motifs is 3. The van der Waals surface area contributed by atoms with Crippen LogP contribution in [0.1, 0.15) is 32.3 Å². The number of nitrogens with zero attached hydrogens (tertiary/aromatic N) is 6. The molecule has 2 aliphatic rings. The monoisotopic (exact) mass is 433 g/mol. The van der Waals surface area contributed by atoms with Gasteiger partial charge in [0, 0.05) is 38.1 Å². The Kier molecular flexibility index (Phi) is 5.00. The summed E-state index contributed by atoms with van der Waals surface area (Å²) in [7, 11) is 1.85. The first kappa shape index (κ1) is 20.4. The minimum absolute atomic E-state index is 0.110. The third kappa shape index (κ3) is 3.36. The number of hydrogen-bond acceptors (Lipinski definition) is 6. The molecular formula is C23H27N7O2. The molecule has 9 heteroatoms. The number of nitriles is 1. The van der Waals surface area contributed by atoms with E-state index in [1.165, 1.54) is 0 Å². The van der Waals surface area contributed by atoms with Gasteiger partial charge in [-0.1, -0.05) is 13.8 Å². The number of ether oxygens (including phenoxy) is 1. The van der Waals surface area contributed by atoms with Crippen LogP contribution in [-0.4, -0.2) is 62.5 Å². The van der Waals surface area contributed by atoms with E-state index in [9.17, 15) is 10.1 Å². The molecule has 1 N–H and O–H groups in total. The number of carbonyl (C=O) groups is 1. The number of aromatic nitrogens is 4. The summed E-state index contributed by atoms with van der Waals surface area (Å²) in [6, 6.07) is 4.57. The second kappa shape index (κ2) is 7.86. The molecule has 2 fully saturated rings. The fraction of sp³-hybridized carbons (Fsp3) is 0.478. The summed E-state index contributed by atoms with van der Waals surface area (Å²) in [5.41, 5.74) is 3.82. The Morgan fingerprint density at radius 2 is 2.09 bits per heavy atom. The average molecular weight is 434 g/mol. The third-order valence-corrected chi connectivity index (χ3v) is 6.35. The quantitative estimate of drug-likeness (QED) is 0.677. The lowest BCUT2D eigenvalue weighted by Gasteiger charge is -2.41. The number of aromatic amines is 1. The highest BCUT2D eigenvalue weighted by molar-refractivity contribution is 6.00. The number of hydrogen-bond donors (Lipinski definition) is 1. The minimum Gasteiger partial charge on any atom is -0.449 e. The van der Waals surface area contributed by atoms with Crippen LogP contribution in [0.3, 0.4) is 0 Å². The summed E-state index contributed by atoms with van der Waals surface area (Å²) in [6.07, 6.45) is 7.12. The molecule has 2 atom stereocenters. The first-order valence-electron chi connectivity index (χ1n) is 11.1. The highest BCUT2D eigenvalue weighted by Crippen LogP contribution is 2.39. The zero-order chi connectivity index (χ0) is 22.4. The molecule has 0 spiro atoms. The number of pyridine rings is 1. The van der Waals surface area contributed by atoms with E-state index >= 15 is 0 Å². The standard InChI is InChI=1S/C23H27N7O2/c1-14(2)13-32-23(31)30-16-4-5-17(30)12-29(11-16)19-6-7-25-22-20(19)18(8-24)21(27-22)15-9-26-28(3)10-15/h6-7,9-10,14,16-17H,4-5,11-13H2,1-3H3,(H,25,27). The van der Waals surface area contributed by atoms with E-state index in [2.05, 4.69) is 26.0 Å². The van der Waals surface area contributed by atoms with Crippen molar-refractivity contribution in [3.8, 4) is 17.3 Å². The smallest absolute Gasteiger partial charge is 0.410 e. The fourth-order valence-electron chi connectivity index (χ4n) is 4.95. The Bertz CT molecular complexity index is 1190. The van der Waals surface area contributed by atoms with Crippen molar-refractivity contribution in [1.29, 1.82) is 5.26 Å². The van der Waals surface area contributed by atoms with E-state index < -0.39 is 0 Å². The van der Waals surface area contributed by atoms with Gasteiger partial charge >= 0.3 is 6.09 Å². The highest BCUT2D eigenvalue weighted by Gasteiger charge is 2.44. The number of aryl methyl sites for hydroxylation is 1. The van der Waals surface area contributed by atoms with Crippen molar-refractivity contribution in [2.24, 2.45) is 13.0 Å². The molecule has 0 radical (unpaired) electrons. The van der Waals surface area contributed by atoms with Gasteiger partial charge in [0.2, 0.25) is 0 Å². The van der Waals surface area contributed by atoms with Crippen LogP contribution in [0.5, 0.6) is 0 Å². The number of rotatable bonds is 4. The number of H-pyrrole nitrogens is 1. The van der Waals surface area contributed by atoms with Gasteiger partial charge in [-0.3, -0.25) is 9.58 Å². The molecule has 5 heterocycles. The van der Waals surface area contributed by atoms with Gasteiger partial charge < -0.3 is 14.6 Å². The number of amides is 1. The van der Waals surface area contributed by atoms with Crippen LogP contribution < -0.4 is 4.90 Å². The van der Waals surface area contributed by atoms with Gasteiger partial charge in [-0.15, -0.1) is 0 Å². The molecule has 2 bridgehead atoms. The maximum atomic E-state index is 12.7. The average Bonchev–Trinajstić information content (AvgIpc) is 3.44. The Balaban J connectivity index is 1.47. The van der Waals surface area contributed by atoms with Gasteiger partial charge in [0.15, 0.2) is 0 Å². The third-order valence-electron chi connectivity index (χ3n) is 6.35. The first-order valence-corrected chi connectivity index (χ1v) is 11.1. The van der Waals surface area contributed by atoms with Crippen LogP contribution in [0, 0.1) is 17.2 Å². The second-order valence-electron chi connectivity index (χ2n) is 9.11. The van der Waals surface area contributed by atoms with Crippen molar-refractivity contribution in [3.63, 3.8) is 0 Å². The predicted molar refractivity (Wildman–Crippen MR) is 120 cm³/mol. The molecule has 2 saturated heterocycles. The molecular weight excluding hydrogens is 406 g/mol. The lowest BCUT2D eigenvalue weighted by atomic mass is 10.1. The summed E-state index contributed by atoms with van der Waals surface area (Å²) in [5, 5.41) is 15.1. The van der Waals surface area contributed by atoms with E-state index in [1.807, 2.05) is 38.1 Å². The Labute approximate surface area is 186 Å². The maximum absolute atomic E-state index is 12.7. The van der Waals surface area contributed by atoms with E-state index in [4.69, 9.17) is 4.74 Å². The highest BCUT2D eigenvalue weighted by atomic mass is 16.6. The minimum atomic E-state index is -0.205. The molecule has 2 unspecified atom stereocenters. The second-order valence-corrected chi connectivity index (χ2v) is 9.11. The Hall–Kier alpha value is -3.54. The molecule has 5 rings (SSSR count). The predicted octanol–water partition coefficient (Wildman–Crippen LogP) is 3.28. The van der Waals surface area contributed by atoms with Crippen LogP contribution in [0.15, 0.2) is 24.7 Å². The lowest BCUT2D eigenvalue weighted by molar-refractivity contribution is 0.0705. The van der Waals surface area contributed by atoms with Crippen molar-refractivity contribution in [3.05, 3.63) is 30.2 Å².